The van der Waals surface area contributed by atoms with Gasteiger partial charge in [-0.15, -0.1) is 0 Å². The van der Waals surface area contributed by atoms with Crippen LogP contribution >= 0.6 is 0 Å². The van der Waals surface area contributed by atoms with Gasteiger partial charge in [0.25, 0.3) is 0 Å². The van der Waals surface area contributed by atoms with Gasteiger partial charge in [-0.3, -0.25) is 4.68 Å². The Bertz CT molecular complexity index is 1370. The maximum atomic E-state index is 12.8. The molecular weight excluding hydrogens is 483 g/mol. The van der Waals surface area contributed by atoms with Crippen LogP contribution in [0.5, 0.6) is 0 Å². The van der Waals surface area contributed by atoms with Crippen molar-refractivity contribution in [2.24, 2.45) is 7.05 Å². The molecule has 1 N–H and O–H groups in total. The van der Waals surface area contributed by atoms with Crippen LogP contribution in [0.15, 0.2) is 85.1 Å². The molecule has 0 aliphatic heterocycles. The first-order valence-electron chi connectivity index (χ1n) is 11.5. The lowest BCUT2D eigenvalue weighted by Crippen LogP contribution is -2.16. The van der Waals surface area contributed by atoms with Crippen molar-refractivity contribution < 1.29 is 22.7 Å². The highest BCUT2D eigenvalue weighted by Crippen LogP contribution is 2.31. The summed E-state index contributed by atoms with van der Waals surface area (Å²) in [6.07, 6.45) is 4.77. The van der Waals surface area contributed by atoms with E-state index in [-0.39, 0.29) is 0 Å². The second kappa shape index (κ2) is 11.2. The number of nitrogens with zero attached hydrogens (tertiary/aromatic N) is 4. The van der Waals surface area contributed by atoms with Crippen LogP contribution in [0.25, 0.3) is 11.1 Å². The van der Waals surface area contributed by atoms with Gasteiger partial charge in [-0.25, -0.2) is 9.78 Å². The van der Waals surface area contributed by atoms with E-state index in [1.807, 2.05) is 48.3 Å². The standard InChI is InChI=1S/C27H26F3N5O2/c1-34-17-20(14-33-34)13-23(26(36)37-2)15-31-16-25-32-11-12-35(25)18-19-3-5-21(6-4-19)22-7-9-24(10-8-22)27(28,29)30/h3-12,14-15,17,31H,13,16,18H2,1-2H3. The minimum absolute atomic E-state index is 0.382. The molecule has 0 aliphatic carbocycles. The number of benzene rings is 2. The number of hydrogen-bond acceptors (Lipinski definition) is 5. The number of imidazole rings is 1. The van der Waals surface area contributed by atoms with Gasteiger partial charge >= 0.3 is 12.1 Å². The molecule has 37 heavy (non-hydrogen) atoms. The Morgan fingerprint density at radius 3 is 2.32 bits per heavy atom. The lowest BCUT2D eigenvalue weighted by molar-refractivity contribution is -0.138. The van der Waals surface area contributed by atoms with E-state index in [0.29, 0.717) is 30.6 Å². The van der Waals surface area contributed by atoms with Crippen molar-refractivity contribution in [2.45, 2.75) is 25.7 Å². The van der Waals surface area contributed by atoms with Crippen LogP contribution in [0.3, 0.4) is 0 Å². The predicted molar refractivity (Wildman–Crippen MR) is 132 cm³/mol. The summed E-state index contributed by atoms with van der Waals surface area (Å²) < 4.78 is 47.0. The minimum atomic E-state index is -4.35. The third kappa shape index (κ3) is 6.66. The molecule has 0 aliphatic rings. The molecular formula is C27H26F3N5O2. The molecule has 7 nitrogen and oxygen atoms in total. The first-order chi connectivity index (χ1) is 17.7. The Hall–Kier alpha value is -4.34. The van der Waals surface area contributed by atoms with E-state index in [1.165, 1.54) is 19.2 Å². The van der Waals surface area contributed by atoms with Gasteiger partial charge in [0.1, 0.15) is 5.82 Å². The zero-order valence-corrected chi connectivity index (χ0v) is 20.4. The molecule has 10 heteroatoms. The van der Waals surface area contributed by atoms with Crippen LogP contribution in [0.4, 0.5) is 13.2 Å². The second-order valence-electron chi connectivity index (χ2n) is 8.48. The molecule has 2 heterocycles. The highest BCUT2D eigenvalue weighted by atomic mass is 19.4. The summed E-state index contributed by atoms with van der Waals surface area (Å²) >= 11 is 0. The van der Waals surface area contributed by atoms with E-state index in [1.54, 1.807) is 23.3 Å². The average Bonchev–Trinajstić information content (AvgIpc) is 3.51. The van der Waals surface area contributed by atoms with E-state index >= 15 is 0 Å². The van der Waals surface area contributed by atoms with Crippen LogP contribution in [-0.4, -0.2) is 32.4 Å². The Labute approximate surface area is 212 Å². The molecule has 4 aromatic rings. The van der Waals surface area contributed by atoms with E-state index in [2.05, 4.69) is 15.4 Å². The predicted octanol–water partition coefficient (Wildman–Crippen LogP) is 4.74. The van der Waals surface area contributed by atoms with Crippen LogP contribution in [0, 0.1) is 0 Å². The molecule has 0 spiro atoms. The van der Waals surface area contributed by atoms with Crippen LogP contribution in [0.2, 0.25) is 0 Å². The minimum Gasteiger partial charge on any atom is -0.466 e. The van der Waals surface area contributed by atoms with E-state index in [9.17, 15) is 18.0 Å². The highest BCUT2D eigenvalue weighted by molar-refractivity contribution is 5.88. The van der Waals surface area contributed by atoms with Gasteiger partial charge in [0.15, 0.2) is 0 Å². The average molecular weight is 510 g/mol. The third-order valence-electron chi connectivity index (χ3n) is 5.79. The van der Waals surface area contributed by atoms with Gasteiger partial charge in [0.2, 0.25) is 0 Å². The van der Waals surface area contributed by atoms with Crippen molar-refractivity contribution >= 4 is 5.97 Å². The smallest absolute Gasteiger partial charge is 0.416 e. The first kappa shape index (κ1) is 25.7. The number of carbonyl (C=O) groups excluding carboxylic acids is 1. The molecule has 192 valence electrons. The number of nitrogens with one attached hydrogen (secondary N) is 1. The summed E-state index contributed by atoms with van der Waals surface area (Å²) in [5, 5.41) is 7.27. The van der Waals surface area contributed by atoms with Crippen molar-refractivity contribution in [3.63, 3.8) is 0 Å². The number of methoxy groups -OCH3 is 1. The SMILES string of the molecule is COC(=O)C(=CNCc1nccn1Cc1ccc(-c2ccc(C(F)(F)F)cc2)cc1)Cc1cnn(C)c1. The quantitative estimate of drug-likeness (QED) is 0.261. The number of aromatic nitrogens is 4. The number of alkyl halides is 3. The normalized spacial score (nSPS) is 12.0. The molecule has 0 unspecified atom stereocenters. The number of halogens is 3. The lowest BCUT2D eigenvalue weighted by Gasteiger charge is -2.11. The third-order valence-corrected chi connectivity index (χ3v) is 5.79. The molecule has 0 amide bonds. The van der Waals surface area contributed by atoms with Crippen molar-refractivity contribution in [1.29, 1.82) is 0 Å². The largest absolute Gasteiger partial charge is 0.466 e. The Morgan fingerprint density at radius 2 is 1.73 bits per heavy atom. The van der Waals surface area contributed by atoms with Crippen LogP contribution in [-0.2, 0) is 42.3 Å². The number of carbonyl (C=O) groups is 1. The lowest BCUT2D eigenvalue weighted by atomic mass is 10.0. The summed E-state index contributed by atoms with van der Waals surface area (Å²) in [5.41, 5.74) is 3.25. The van der Waals surface area contributed by atoms with Crippen LogP contribution < -0.4 is 5.32 Å². The molecule has 0 bridgehead atoms. The number of rotatable bonds is 9. The van der Waals surface area contributed by atoms with E-state index in [0.717, 1.165) is 34.6 Å². The van der Waals surface area contributed by atoms with Gasteiger partial charge in [-0.2, -0.15) is 18.3 Å². The monoisotopic (exact) mass is 509 g/mol. The maximum Gasteiger partial charge on any atom is 0.416 e. The fourth-order valence-corrected chi connectivity index (χ4v) is 3.86. The Kier molecular flexibility index (Phi) is 7.76. The van der Waals surface area contributed by atoms with Crippen molar-refractivity contribution in [1.82, 2.24) is 24.6 Å². The second-order valence-corrected chi connectivity index (χ2v) is 8.48. The molecule has 0 saturated heterocycles. The molecule has 0 saturated carbocycles. The number of esters is 1. The van der Waals surface area contributed by atoms with Crippen molar-refractivity contribution in [2.75, 3.05) is 7.11 Å². The number of ether oxygens (including phenoxy) is 1. The number of hydrogen-bond donors (Lipinski definition) is 1. The summed E-state index contributed by atoms with van der Waals surface area (Å²) in [6.45, 7) is 0.956. The summed E-state index contributed by atoms with van der Waals surface area (Å²) in [6, 6.07) is 12.8. The van der Waals surface area contributed by atoms with Gasteiger partial charge < -0.3 is 14.6 Å². The maximum absolute atomic E-state index is 12.8. The number of aryl methyl sites for hydroxylation is 1. The summed E-state index contributed by atoms with van der Waals surface area (Å²) in [7, 11) is 3.15. The molecule has 2 aromatic heterocycles. The fraction of sp³-hybridized carbons (Fsp3) is 0.222. The molecule has 0 atom stereocenters. The van der Waals surface area contributed by atoms with Gasteiger partial charge in [0, 0.05) is 44.8 Å². The van der Waals surface area contributed by atoms with Crippen molar-refractivity contribution in [3.8, 4) is 11.1 Å². The Balaban J connectivity index is 1.39. The highest BCUT2D eigenvalue weighted by Gasteiger charge is 2.29. The molecule has 0 fully saturated rings. The zero-order valence-electron chi connectivity index (χ0n) is 20.4. The van der Waals surface area contributed by atoms with Crippen molar-refractivity contribution in [3.05, 3.63) is 108 Å². The summed E-state index contributed by atoms with van der Waals surface area (Å²) in [4.78, 5) is 16.6. The van der Waals surface area contributed by atoms with Gasteiger partial charge in [0.05, 0.1) is 31.0 Å². The molecule has 4 rings (SSSR count). The van der Waals surface area contributed by atoms with Gasteiger partial charge in [-0.05, 0) is 34.4 Å². The van der Waals surface area contributed by atoms with E-state index in [4.69, 9.17) is 4.74 Å². The van der Waals surface area contributed by atoms with Crippen LogP contribution in [0.1, 0.15) is 22.5 Å². The van der Waals surface area contributed by atoms with Gasteiger partial charge in [-0.1, -0.05) is 36.4 Å². The topological polar surface area (TPSA) is 74.0 Å². The zero-order chi connectivity index (χ0) is 26.4. The summed E-state index contributed by atoms with van der Waals surface area (Å²) in [5.74, 6) is 0.349. The first-order valence-corrected chi connectivity index (χ1v) is 11.5. The fourth-order valence-electron chi connectivity index (χ4n) is 3.86. The molecule has 0 radical (unpaired) electrons. The Morgan fingerprint density at radius 1 is 1.05 bits per heavy atom. The van der Waals surface area contributed by atoms with E-state index < -0.39 is 17.7 Å². The molecule has 2 aromatic carbocycles.